The summed E-state index contributed by atoms with van der Waals surface area (Å²) in [7, 11) is -0.262. The number of hydrogen-bond donors (Lipinski definition) is 2. The Hall–Kier alpha value is -1.93. The van der Waals surface area contributed by atoms with Crippen molar-refractivity contribution in [3.63, 3.8) is 0 Å². The van der Waals surface area contributed by atoms with Crippen molar-refractivity contribution in [2.24, 2.45) is 5.73 Å². The zero-order chi connectivity index (χ0) is 27.2. The topological polar surface area (TPSA) is 103 Å². The Morgan fingerprint density at radius 2 is 1.73 bits per heavy atom. The van der Waals surface area contributed by atoms with Gasteiger partial charge in [-0.1, -0.05) is 11.6 Å². The van der Waals surface area contributed by atoms with Crippen molar-refractivity contribution >= 4 is 21.6 Å². The van der Waals surface area contributed by atoms with Gasteiger partial charge in [-0.25, -0.2) is 13.1 Å². The fourth-order valence-corrected chi connectivity index (χ4v) is 5.33. The number of likely N-dealkylation sites (N-methyl/N-ethyl adjacent to an activating group) is 1. The summed E-state index contributed by atoms with van der Waals surface area (Å²) in [6, 6.07) is 7.75. The first-order valence-corrected chi connectivity index (χ1v) is 13.5. The van der Waals surface area contributed by atoms with Crippen molar-refractivity contribution in [1.82, 2.24) is 9.62 Å². The zero-order valence-electron chi connectivity index (χ0n) is 20.6. The number of nitrogens with two attached hydrogens (primary N) is 1. The summed E-state index contributed by atoms with van der Waals surface area (Å²) >= 11 is 6.03. The molecule has 0 saturated carbocycles. The summed E-state index contributed by atoms with van der Waals surface area (Å²) in [4.78, 5) is 1.82. The van der Waals surface area contributed by atoms with Crippen molar-refractivity contribution in [3.05, 3.63) is 58.1 Å². The molecule has 2 aromatic carbocycles. The van der Waals surface area contributed by atoms with E-state index in [-0.39, 0.29) is 41.1 Å². The van der Waals surface area contributed by atoms with Gasteiger partial charge in [0, 0.05) is 18.1 Å². The maximum Gasteiger partial charge on any atom is 0.416 e. The summed E-state index contributed by atoms with van der Waals surface area (Å²) in [5, 5.41) is -0.0290. The first kappa shape index (κ1) is 29.6. The molecule has 2 atom stereocenters. The molecule has 0 aromatic heterocycles. The van der Waals surface area contributed by atoms with Crippen molar-refractivity contribution < 1.29 is 35.8 Å². The Kier molecular flexibility index (Phi) is 10.2. The van der Waals surface area contributed by atoms with Gasteiger partial charge >= 0.3 is 6.18 Å². The van der Waals surface area contributed by atoms with E-state index in [0.29, 0.717) is 37.7 Å². The molecule has 0 bridgehead atoms. The fourth-order valence-electron chi connectivity index (χ4n) is 4.09. The van der Waals surface area contributed by atoms with Crippen LogP contribution < -0.4 is 15.2 Å². The number of alkyl halides is 3. The van der Waals surface area contributed by atoms with E-state index in [1.807, 2.05) is 0 Å². The largest absolute Gasteiger partial charge is 0.484 e. The van der Waals surface area contributed by atoms with Crippen LogP contribution >= 0.6 is 11.6 Å². The molecule has 0 saturated heterocycles. The molecule has 0 spiro atoms. The van der Waals surface area contributed by atoms with E-state index in [4.69, 9.17) is 31.5 Å². The number of nitrogens with zero attached hydrogens (tertiary/aromatic N) is 1. The van der Waals surface area contributed by atoms with E-state index in [0.717, 1.165) is 6.07 Å². The Morgan fingerprint density at radius 3 is 2.32 bits per heavy atom. The van der Waals surface area contributed by atoms with E-state index in [1.54, 1.807) is 19.0 Å². The van der Waals surface area contributed by atoms with Gasteiger partial charge in [0.15, 0.2) is 0 Å². The fraction of sp³-hybridized carbons (Fsp3) is 0.500. The van der Waals surface area contributed by atoms with Crippen molar-refractivity contribution in [3.8, 4) is 5.75 Å². The molecule has 206 valence electrons. The normalized spacial score (nSPS) is 17.8. The second-order valence-electron chi connectivity index (χ2n) is 8.68. The van der Waals surface area contributed by atoms with Crippen LogP contribution in [-0.2, 0) is 32.1 Å². The molecule has 0 amide bonds. The van der Waals surface area contributed by atoms with Gasteiger partial charge in [0.2, 0.25) is 10.0 Å². The van der Waals surface area contributed by atoms with E-state index < -0.39 is 27.9 Å². The molecule has 0 heterocycles. The monoisotopic (exact) mass is 565 g/mol. The molecular weight excluding hydrogens is 535 g/mol. The minimum absolute atomic E-state index is 0.0181. The van der Waals surface area contributed by atoms with E-state index in [1.165, 1.54) is 30.3 Å². The molecule has 3 rings (SSSR count). The molecule has 0 aliphatic heterocycles. The van der Waals surface area contributed by atoms with E-state index in [2.05, 4.69) is 4.72 Å². The molecule has 2 aromatic rings. The molecule has 0 radical (unpaired) electrons. The van der Waals surface area contributed by atoms with Crippen molar-refractivity contribution in [2.75, 3.05) is 53.6 Å². The number of ether oxygens (including phenoxy) is 3. The molecule has 8 nitrogen and oxygen atoms in total. The third kappa shape index (κ3) is 7.79. The molecule has 1 aliphatic carbocycles. The number of rotatable bonds is 13. The lowest BCUT2D eigenvalue weighted by Crippen LogP contribution is -2.34. The van der Waals surface area contributed by atoms with Crippen LogP contribution in [0.1, 0.15) is 22.8 Å². The second-order valence-corrected chi connectivity index (χ2v) is 10.9. The lowest BCUT2D eigenvalue weighted by atomic mass is 10.0. The molecule has 13 heteroatoms. The number of hydrogen-bond acceptors (Lipinski definition) is 7. The number of nitrogens with one attached hydrogen (secondary N) is 1. The Morgan fingerprint density at radius 1 is 1.08 bits per heavy atom. The highest BCUT2D eigenvalue weighted by atomic mass is 35.5. The summed E-state index contributed by atoms with van der Waals surface area (Å²) in [6.45, 7) is 1.78. The average molecular weight is 566 g/mol. The van der Waals surface area contributed by atoms with Gasteiger partial charge in [-0.05, 0) is 68.0 Å². The van der Waals surface area contributed by atoms with Crippen LogP contribution in [-0.4, -0.2) is 73.0 Å². The third-order valence-electron chi connectivity index (χ3n) is 5.86. The van der Waals surface area contributed by atoms with Gasteiger partial charge in [0.25, 0.3) is 0 Å². The lowest BCUT2D eigenvalue weighted by molar-refractivity contribution is -0.138. The van der Waals surface area contributed by atoms with Gasteiger partial charge in [-0.15, -0.1) is 0 Å². The maximum atomic E-state index is 13.7. The average Bonchev–Trinajstić information content (AvgIpc) is 3.18. The molecular formula is C24H31ClF3N3O5S. The SMILES string of the molecule is CN(C)[C@H]1Cc2c(cc(Cl)cc2C(F)(F)F)[C@@H]1Oc1ccc(S(=O)(=O)NCCOCCOCCN)cc1. The van der Waals surface area contributed by atoms with Crippen molar-refractivity contribution in [2.45, 2.75) is 29.6 Å². The van der Waals surface area contributed by atoms with Gasteiger partial charge in [-0.2, -0.15) is 13.2 Å². The van der Waals surface area contributed by atoms with Crippen LogP contribution in [0.25, 0.3) is 0 Å². The van der Waals surface area contributed by atoms with Gasteiger partial charge < -0.3 is 24.8 Å². The summed E-state index contributed by atoms with van der Waals surface area (Å²) in [5.41, 5.74) is 5.06. The first-order valence-electron chi connectivity index (χ1n) is 11.6. The smallest absolute Gasteiger partial charge is 0.416 e. The van der Waals surface area contributed by atoms with E-state index >= 15 is 0 Å². The minimum atomic E-state index is -4.55. The van der Waals surface area contributed by atoms with Crippen LogP contribution in [0, 0.1) is 0 Å². The highest BCUT2D eigenvalue weighted by molar-refractivity contribution is 7.89. The predicted octanol–water partition coefficient (Wildman–Crippen LogP) is 3.24. The molecule has 1 aliphatic rings. The highest BCUT2D eigenvalue weighted by Crippen LogP contribution is 2.45. The van der Waals surface area contributed by atoms with Gasteiger partial charge in [0.1, 0.15) is 11.9 Å². The van der Waals surface area contributed by atoms with Crippen LogP contribution in [0.15, 0.2) is 41.3 Å². The third-order valence-corrected chi connectivity index (χ3v) is 7.55. The lowest BCUT2D eigenvalue weighted by Gasteiger charge is -2.27. The molecule has 3 N–H and O–H groups in total. The predicted molar refractivity (Wildman–Crippen MR) is 133 cm³/mol. The maximum absolute atomic E-state index is 13.7. The van der Waals surface area contributed by atoms with Crippen LogP contribution in [0.2, 0.25) is 5.02 Å². The van der Waals surface area contributed by atoms with E-state index in [9.17, 15) is 21.6 Å². The highest BCUT2D eigenvalue weighted by Gasteiger charge is 2.43. The Labute approximate surface area is 219 Å². The van der Waals surface area contributed by atoms with Crippen molar-refractivity contribution in [1.29, 1.82) is 0 Å². The molecule has 0 unspecified atom stereocenters. The molecule has 0 fully saturated rings. The van der Waals surface area contributed by atoms with Gasteiger partial charge in [0.05, 0.1) is 42.9 Å². The summed E-state index contributed by atoms with van der Waals surface area (Å²) < 4.78 is 85.1. The number of sulfonamides is 1. The minimum Gasteiger partial charge on any atom is -0.484 e. The Bertz CT molecular complexity index is 1150. The van der Waals surface area contributed by atoms with Crippen LogP contribution in [0.3, 0.4) is 0 Å². The quantitative estimate of drug-likeness (QED) is 0.359. The summed E-state index contributed by atoms with van der Waals surface area (Å²) in [5.74, 6) is 0.318. The summed E-state index contributed by atoms with van der Waals surface area (Å²) in [6.07, 6.45) is -5.14. The van der Waals surface area contributed by atoms with Crippen LogP contribution in [0.5, 0.6) is 5.75 Å². The zero-order valence-corrected chi connectivity index (χ0v) is 22.1. The van der Waals surface area contributed by atoms with Crippen LogP contribution in [0.4, 0.5) is 13.2 Å². The number of benzene rings is 2. The number of halogens is 4. The second kappa shape index (κ2) is 12.7. The first-order chi connectivity index (χ1) is 17.4. The number of fused-ring (bicyclic) bond motifs is 1. The van der Waals surface area contributed by atoms with Gasteiger partial charge in [-0.3, -0.25) is 0 Å². The molecule has 37 heavy (non-hydrogen) atoms. The standard InChI is InChI=1S/C24H31ClF3N3O5S/c1-31(2)22-15-19-20(13-16(25)14-21(19)24(26,27)28)23(22)36-17-3-5-18(6-4-17)37(32,33)30-8-10-35-12-11-34-9-7-29/h3-6,13-14,22-23,30H,7-12,15,29H2,1-2H3/t22-,23-/m0/s1. The Balaban J connectivity index is 1.67.